The maximum absolute atomic E-state index is 13.3. The Labute approximate surface area is 210 Å². The van der Waals surface area contributed by atoms with Crippen LogP contribution in [0.4, 0.5) is 0 Å². The van der Waals surface area contributed by atoms with Crippen LogP contribution in [0.5, 0.6) is 5.75 Å². The minimum absolute atomic E-state index is 0.000827. The zero-order chi connectivity index (χ0) is 25.3. The van der Waals surface area contributed by atoms with E-state index in [2.05, 4.69) is 61.2 Å². The van der Waals surface area contributed by atoms with E-state index < -0.39 is 0 Å². The van der Waals surface area contributed by atoms with Crippen LogP contribution in [-0.4, -0.2) is 22.2 Å². The Kier molecular flexibility index (Phi) is 7.25. The summed E-state index contributed by atoms with van der Waals surface area (Å²) in [5, 5.41) is 0. The fourth-order valence-corrected chi connectivity index (χ4v) is 5.51. The summed E-state index contributed by atoms with van der Waals surface area (Å²) in [5.74, 6) is 3.18. The van der Waals surface area contributed by atoms with Crippen LogP contribution in [0.3, 0.4) is 0 Å². The summed E-state index contributed by atoms with van der Waals surface area (Å²) < 4.78 is 16.4. The van der Waals surface area contributed by atoms with Crippen LogP contribution in [0.1, 0.15) is 60.8 Å². The first-order valence-corrected chi connectivity index (χ1v) is 13.0. The standard InChI is InChI=1S/C30H41N2O3/c1-20(2)24-17-12-21(3)18-27(24)34-28(33)19-32-26-11-9-8-10-25(26)31(7)29(32)22-13-15-23(16-14-22)35-30(4,5)6/h8-11,13-16,20-21,24,27H,12,17-19H2,1-7H3/q+1/t21-,24+,27?/m1/s1. The monoisotopic (exact) mass is 477 g/mol. The smallest absolute Gasteiger partial charge is 0.348 e. The molecule has 0 saturated heterocycles. The minimum Gasteiger partial charge on any atom is -0.488 e. The van der Waals surface area contributed by atoms with Gasteiger partial charge in [-0.2, -0.15) is 0 Å². The summed E-state index contributed by atoms with van der Waals surface area (Å²) in [6.45, 7) is 13.1. The molecule has 3 atom stereocenters. The average Bonchev–Trinajstić information content (AvgIpc) is 3.05. The van der Waals surface area contributed by atoms with Gasteiger partial charge in [0.15, 0.2) is 17.6 Å². The Morgan fingerprint density at radius 2 is 1.77 bits per heavy atom. The molecule has 1 heterocycles. The summed E-state index contributed by atoms with van der Waals surface area (Å²) in [4.78, 5) is 13.3. The van der Waals surface area contributed by atoms with E-state index in [0.29, 0.717) is 17.8 Å². The number of hydrogen-bond acceptors (Lipinski definition) is 3. The number of hydrogen-bond donors (Lipinski definition) is 0. The van der Waals surface area contributed by atoms with Gasteiger partial charge in [0.1, 0.15) is 17.5 Å². The molecule has 1 aliphatic rings. The lowest BCUT2D eigenvalue weighted by molar-refractivity contribution is -0.634. The lowest BCUT2D eigenvalue weighted by Crippen LogP contribution is -2.37. The average molecular weight is 478 g/mol. The molecule has 1 fully saturated rings. The molecule has 0 spiro atoms. The van der Waals surface area contributed by atoms with Crippen molar-refractivity contribution in [1.29, 1.82) is 0 Å². The first-order chi connectivity index (χ1) is 16.5. The molecule has 4 rings (SSSR count). The van der Waals surface area contributed by atoms with E-state index in [1.54, 1.807) is 0 Å². The van der Waals surface area contributed by atoms with Crippen molar-refractivity contribution in [2.75, 3.05) is 0 Å². The number of rotatable bonds is 6. The molecule has 0 N–H and O–H groups in total. The number of esters is 1. The number of carbonyl (C=O) groups is 1. The van der Waals surface area contributed by atoms with Gasteiger partial charge in [0.25, 0.3) is 5.82 Å². The zero-order valence-corrected chi connectivity index (χ0v) is 22.4. The normalized spacial score (nSPS) is 20.9. The van der Waals surface area contributed by atoms with Crippen LogP contribution in [0.25, 0.3) is 22.4 Å². The van der Waals surface area contributed by atoms with E-state index in [9.17, 15) is 4.79 Å². The fraction of sp³-hybridized carbons (Fsp3) is 0.533. The van der Waals surface area contributed by atoms with Crippen molar-refractivity contribution in [3.8, 4) is 17.1 Å². The molecule has 188 valence electrons. The molecule has 0 bridgehead atoms. The number of ether oxygens (including phenoxy) is 2. The lowest BCUT2D eigenvalue weighted by Gasteiger charge is -2.36. The van der Waals surface area contributed by atoms with Gasteiger partial charge >= 0.3 is 5.97 Å². The zero-order valence-electron chi connectivity index (χ0n) is 22.4. The molecule has 0 aliphatic heterocycles. The van der Waals surface area contributed by atoms with Crippen molar-refractivity contribution in [2.45, 2.75) is 79.1 Å². The summed E-state index contributed by atoms with van der Waals surface area (Å²) in [5.41, 5.74) is 2.88. The Bertz CT molecular complexity index is 1170. The highest BCUT2D eigenvalue weighted by Gasteiger charge is 2.34. The van der Waals surface area contributed by atoms with Gasteiger partial charge in [0, 0.05) is 0 Å². The van der Waals surface area contributed by atoms with Crippen molar-refractivity contribution in [2.24, 2.45) is 24.8 Å². The third-order valence-electron chi connectivity index (χ3n) is 7.18. The highest BCUT2D eigenvalue weighted by molar-refractivity contribution is 5.79. The molecule has 1 aliphatic carbocycles. The second-order valence-electron chi connectivity index (χ2n) is 11.6. The number of benzene rings is 2. The predicted octanol–water partition coefficient (Wildman–Crippen LogP) is 6.31. The number of imidazole rings is 1. The van der Waals surface area contributed by atoms with Crippen molar-refractivity contribution in [3.05, 3.63) is 48.5 Å². The number of nitrogens with zero attached hydrogens (tertiary/aromatic N) is 2. The Morgan fingerprint density at radius 3 is 2.43 bits per heavy atom. The van der Waals surface area contributed by atoms with Crippen molar-refractivity contribution in [3.63, 3.8) is 0 Å². The van der Waals surface area contributed by atoms with E-state index in [1.165, 1.54) is 6.42 Å². The molecule has 1 unspecified atom stereocenters. The van der Waals surface area contributed by atoms with E-state index in [0.717, 1.165) is 41.0 Å². The molecular formula is C30H41N2O3+. The molecule has 0 radical (unpaired) electrons. The number of aromatic nitrogens is 2. The van der Waals surface area contributed by atoms with E-state index in [1.807, 2.05) is 45.0 Å². The predicted molar refractivity (Wildman–Crippen MR) is 140 cm³/mol. The summed E-state index contributed by atoms with van der Waals surface area (Å²) in [6, 6.07) is 16.3. The van der Waals surface area contributed by atoms with Crippen molar-refractivity contribution in [1.82, 2.24) is 4.57 Å². The summed E-state index contributed by atoms with van der Waals surface area (Å²) in [7, 11) is 2.05. The fourth-order valence-electron chi connectivity index (χ4n) is 5.51. The first kappa shape index (κ1) is 25.3. The molecule has 0 amide bonds. The quantitative estimate of drug-likeness (QED) is 0.308. The molecule has 2 aromatic carbocycles. The molecule has 5 heteroatoms. The number of fused-ring (bicyclic) bond motifs is 1. The number of carbonyl (C=O) groups excluding carboxylic acids is 1. The van der Waals surface area contributed by atoms with Crippen LogP contribution in [0.15, 0.2) is 48.5 Å². The van der Waals surface area contributed by atoms with Gasteiger partial charge in [-0.25, -0.2) is 13.9 Å². The van der Waals surface area contributed by atoms with E-state index in [-0.39, 0.29) is 24.2 Å². The number of aryl methyl sites for hydroxylation is 1. The Morgan fingerprint density at radius 1 is 1.09 bits per heavy atom. The van der Waals surface area contributed by atoms with Crippen molar-refractivity contribution >= 4 is 17.0 Å². The third kappa shape index (κ3) is 5.71. The van der Waals surface area contributed by atoms with Crippen LogP contribution < -0.4 is 9.30 Å². The molecule has 1 aromatic heterocycles. The lowest BCUT2D eigenvalue weighted by atomic mass is 9.75. The maximum atomic E-state index is 13.3. The third-order valence-corrected chi connectivity index (χ3v) is 7.18. The molecule has 3 aromatic rings. The van der Waals surface area contributed by atoms with Crippen LogP contribution >= 0.6 is 0 Å². The minimum atomic E-state index is -0.255. The van der Waals surface area contributed by atoms with Crippen LogP contribution in [0.2, 0.25) is 0 Å². The second-order valence-corrected chi connectivity index (χ2v) is 11.6. The highest BCUT2D eigenvalue weighted by atomic mass is 16.5. The summed E-state index contributed by atoms with van der Waals surface area (Å²) >= 11 is 0. The molecule has 5 nitrogen and oxygen atoms in total. The van der Waals surface area contributed by atoms with Gasteiger partial charge in [-0.3, -0.25) is 0 Å². The molecule has 35 heavy (non-hydrogen) atoms. The Balaban J connectivity index is 1.65. The van der Waals surface area contributed by atoms with Gasteiger partial charge in [-0.1, -0.05) is 39.3 Å². The molecule has 1 saturated carbocycles. The van der Waals surface area contributed by atoms with Crippen LogP contribution in [-0.2, 0) is 23.1 Å². The van der Waals surface area contributed by atoms with Gasteiger partial charge in [-0.15, -0.1) is 0 Å². The SMILES string of the molecule is CC(C)[C@@H]1CC[C@@H](C)CC1OC(=O)Cn1c(-c2ccc(OC(C)(C)C)cc2)[n+](C)c2ccccc21. The number of para-hydroxylation sites is 2. The van der Waals surface area contributed by atoms with Gasteiger partial charge in [0.2, 0.25) is 0 Å². The van der Waals surface area contributed by atoms with Gasteiger partial charge in [-0.05, 0) is 87.8 Å². The highest BCUT2D eigenvalue weighted by Crippen LogP contribution is 2.35. The summed E-state index contributed by atoms with van der Waals surface area (Å²) in [6.07, 6.45) is 3.30. The first-order valence-electron chi connectivity index (χ1n) is 13.0. The van der Waals surface area contributed by atoms with Crippen LogP contribution in [0, 0.1) is 17.8 Å². The van der Waals surface area contributed by atoms with Gasteiger partial charge in [0.05, 0.1) is 12.6 Å². The van der Waals surface area contributed by atoms with E-state index in [4.69, 9.17) is 9.47 Å². The largest absolute Gasteiger partial charge is 0.488 e. The molecular weight excluding hydrogens is 436 g/mol. The van der Waals surface area contributed by atoms with Gasteiger partial charge < -0.3 is 9.47 Å². The maximum Gasteiger partial charge on any atom is 0.348 e. The topological polar surface area (TPSA) is 44.3 Å². The van der Waals surface area contributed by atoms with E-state index >= 15 is 0 Å². The van der Waals surface area contributed by atoms with Crippen molar-refractivity contribution < 1.29 is 18.8 Å². The second kappa shape index (κ2) is 10.0. The Hall–Kier alpha value is -2.82.